The van der Waals surface area contributed by atoms with Crippen molar-refractivity contribution in [3.63, 3.8) is 0 Å². The molecule has 9 aromatic carbocycles. The molecule has 9 aromatic rings. The van der Waals surface area contributed by atoms with Gasteiger partial charge in [-0.1, -0.05) is 188 Å². The zero-order valence-corrected chi connectivity index (χ0v) is 34.6. The van der Waals surface area contributed by atoms with Crippen molar-refractivity contribution in [2.24, 2.45) is 0 Å². The Hall–Kier alpha value is -7.94. The maximum absolute atomic E-state index is 2.42. The van der Waals surface area contributed by atoms with Crippen LogP contribution < -0.4 is 9.80 Å². The molecule has 0 saturated heterocycles. The molecule has 0 radical (unpaired) electrons. The lowest BCUT2D eigenvalue weighted by Gasteiger charge is -2.29. The van der Waals surface area contributed by atoms with Crippen LogP contribution in [0, 0.1) is 0 Å². The number of benzene rings is 9. The molecule has 1 aliphatic rings. The predicted octanol–water partition coefficient (Wildman–Crippen LogP) is 16.9. The van der Waals surface area contributed by atoms with Gasteiger partial charge in [0.2, 0.25) is 0 Å². The number of para-hydroxylation sites is 1. The quantitative estimate of drug-likeness (QED) is 0.129. The van der Waals surface area contributed by atoms with Crippen molar-refractivity contribution in [2.45, 2.75) is 12.8 Å². The summed E-state index contributed by atoms with van der Waals surface area (Å²) in [7, 11) is 0. The number of allylic oxidation sites excluding steroid dienone is 4. The Bertz CT molecular complexity index is 2950. The van der Waals surface area contributed by atoms with Crippen LogP contribution in [-0.2, 0) is 0 Å². The minimum absolute atomic E-state index is 0.988. The van der Waals surface area contributed by atoms with Gasteiger partial charge in [0, 0.05) is 34.1 Å². The van der Waals surface area contributed by atoms with Crippen molar-refractivity contribution < 1.29 is 0 Å². The standard InChI is InChI=1S/C60H46N2/c1-6-17-45(18-7-1)47-33-37-55(38-34-47)61(53-24-12-4-13-25-53)57-28-16-23-52(43-57)49-29-31-51(32-30-49)59-42-41-58(44-60(59)50-21-10-3-11-22-50)62(54-26-14-5-15-27-54)56-39-35-48(36-40-56)46-19-8-2-9-20-46/h1-12,14-24,26-44H,13,25H2. The van der Waals surface area contributed by atoms with Crippen LogP contribution in [0.3, 0.4) is 0 Å². The normalized spacial score (nSPS) is 12.1. The number of hydrogen-bond donors (Lipinski definition) is 0. The van der Waals surface area contributed by atoms with E-state index >= 15 is 0 Å². The van der Waals surface area contributed by atoms with E-state index in [4.69, 9.17) is 0 Å². The lowest BCUT2D eigenvalue weighted by Crippen LogP contribution is -2.17. The fraction of sp³-hybridized carbons (Fsp3) is 0.0333. The van der Waals surface area contributed by atoms with Crippen LogP contribution in [0.4, 0.5) is 28.4 Å². The predicted molar refractivity (Wildman–Crippen MR) is 263 cm³/mol. The second-order valence-electron chi connectivity index (χ2n) is 15.7. The Kier molecular flexibility index (Phi) is 10.9. The van der Waals surface area contributed by atoms with Gasteiger partial charge in [-0.3, -0.25) is 0 Å². The molecule has 0 atom stereocenters. The summed E-state index contributed by atoms with van der Waals surface area (Å²) in [5.74, 6) is 0. The van der Waals surface area contributed by atoms with Gasteiger partial charge in [-0.05, 0) is 135 Å². The SMILES string of the molecule is C1=CCCC(N(c2ccc(-c3ccccc3)cc2)c2cccc(-c3ccc(-c4ccc(N(c5ccccc5)c5ccc(-c6ccccc6)cc5)cc4-c4ccccc4)cc3)c2)=C1. The van der Waals surface area contributed by atoms with Crippen LogP contribution in [0.1, 0.15) is 12.8 Å². The highest BCUT2D eigenvalue weighted by Gasteiger charge is 2.19. The summed E-state index contributed by atoms with van der Waals surface area (Å²) in [4.78, 5) is 4.77. The zero-order valence-electron chi connectivity index (χ0n) is 34.6. The van der Waals surface area contributed by atoms with Crippen molar-refractivity contribution in [1.29, 1.82) is 0 Å². The maximum Gasteiger partial charge on any atom is 0.0468 e. The minimum atomic E-state index is 0.988. The smallest absolute Gasteiger partial charge is 0.0468 e. The molecule has 62 heavy (non-hydrogen) atoms. The van der Waals surface area contributed by atoms with E-state index < -0.39 is 0 Å². The summed E-state index contributed by atoms with van der Waals surface area (Å²) in [5, 5.41) is 0. The maximum atomic E-state index is 2.42. The molecule has 0 heterocycles. The fourth-order valence-electron chi connectivity index (χ4n) is 8.59. The average molecular weight is 795 g/mol. The molecule has 296 valence electrons. The lowest BCUT2D eigenvalue weighted by atomic mass is 9.92. The summed E-state index contributed by atoms with van der Waals surface area (Å²) in [6.07, 6.45) is 8.71. The third-order valence-electron chi connectivity index (χ3n) is 11.7. The largest absolute Gasteiger partial charge is 0.314 e. The summed E-state index contributed by atoms with van der Waals surface area (Å²) in [5.41, 5.74) is 18.9. The van der Waals surface area contributed by atoms with Crippen LogP contribution in [0.2, 0.25) is 0 Å². The van der Waals surface area contributed by atoms with E-state index in [1.807, 2.05) is 0 Å². The summed E-state index contributed by atoms with van der Waals surface area (Å²) in [6.45, 7) is 0. The molecule has 0 unspecified atom stereocenters. The number of anilines is 5. The van der Waals surface area contributed by atoms with E-state index in [9.17, 15) is 0 Å². The van der Waals surface area contributed by atoms with E-state index in [1.165, 1.54) is 61.3 Å². The van der Waals surface area contributed by atoms with Gasteiger partial charge in [-0.25, -0.2) is 0 Å². The van der Waals surface area contributed by atoms with Gasteiger partial charge >= 0.3 is 0 Å². The van der Waals surface area contributed by atoms with E-state index in [0.29, 0.717) is 0 Å². The molecule has 0 aromatic heterocycles. The van der Waals surface area contributed by atoms with Gasteiger partial charge in [0.05, 0.1) is 0 Å². The number of nitrogens with zero attached hydrogens (tertiary/aromatic N) is 2. The van der Waals surface area contributed by atoms with Gasteiger partial charge in [0.1, 0.15) is 0 Å². The molecule has 1 aliphatic carbocycles. The second kappa shape index (κ2) is 17.7. The van der Waals surface area contributed by atoms with Gasteiger partial charge in [0.25, 0.3) is 0 Å². The van der Waals surface area contributed by atoms with Crippen LogP contribution in [0.15, 0.2) is 261 Å². The Morgan fingerprint density at radius 3 is 1.26 bits per heavy atom. The van der Waals surface area contributed by atoms with Crippen LogP contribution in [-0.4, -0.2) is 0 Å². The molecule has 0 spiro atoms. The molecule has 0 N–H and O–H groups in total. The van der Waals surface area contributed by atoms with E-state index in [0.717, 1.165) is 41.3 Å². The third kappa shape index (κ3) is 8.15. The van der Waals surface area contributed by atoms with Crippen molar-refractivity contribution in [3.05, 3.63) is 261 Å². The van der Waals surface area contributed by atoms with Crippen molar-refractivity contribution in [3.8, 4) is 55.6 Å². The first-order valence-electron chi connectivity index (χ1n) is 21.5. The molecular weight excluding hydrogens is 749 g/mol. The summed E-state index contributed by atoms with van der Waals surface area (Å²) in [6, 6.07) is 85.3. The first kappa shape index (κ1) is 38.3. The van der Waals surface area contributed by atoms with Crippen LogP contribution in [0.5, 0.6) is 0 Å². The highest BCUT2D eigenvalue weighted by atomic mass is 15.2. The third-order valence-corrected chi connectivity index (χ3v) is 11.7. The molecule has 0 bridgehead atoms. The van der Waals surface area contributed by atoms with Crippen molar-refractivity contribution in [1.82, 2.24) is 0 Å². The Labute approximate surface area is 365 Å². The minimum Gasteiger partial charge on any atom is -0.314 e. The topological polar surface area (TPSA) is 6.48 Å². The average Bonchev–Trinajstić information content (AvgIpc) is 3.36. The highest BCUT2D eigenvalue weighted by Crippen LogP contribution is 2.42. The highest BCUT2D eigenvalue weighted by molar-refractivity contribution is 5.90. The Morgan fingerprint density at radius 1 is 0.274 bits per heavy atom. The molecule has 0 saturated carbocycles. The number of rotatable bonds is 11. The van der Waals surface area contributed by atoms with E-state index in [2.05, 4.69) is 265 Å². The van der Waals surface area contributed by atoms with E-state index in [1.54, 1.807) is 0 Å². The molecule has 2 nitrogen and oxygen atoms in total. The fourth-order valence-corrected chi connectivity index (χ4v) is 8.59. The molecule has 0 fully saturated rings. The van der Waals surface area contributed by atoms with Gasteiger partial charge in [0.15, 0.2) is 0 Å². The van der Waals surface area contributed by atoms with E-state index in [-0.39, 0.29) is 0 Å². The van der Waals surface area contributed by atoms with Crippen molar-refractivity contribution >= 4 is 28.4 Å². The number of hydrogen-bond acceptors (Lipinski definition) is 2. The second-order valence-corrected chi connectivity index (χ2v) is 15.7. The molecule has 2 heteroatoms. The first-order valence-corrected chi connectivity index (χ1v) is 21.5. The molecular formula is C60H46N2. The molecule has 0 aliphatic heterocycles. The molecule has 10 rings (SSSR count). The molecule has 0 amide bonds. The van der Waals surface area contributed by atoms with Gasteiger partial charge in [-0.15, -0.1) is 0 Å². The lowest BCUT2D eigenvalue weighted by molar-refractivity contribution is 0.918. The van der Waals surface area contributed by atoms with Gasteiger partial charge in [-0.2, -0.15) is 0 Å². The monoisotopic (exact) mass is 794 g/mol. The Balaban J connectivity index is 0.990. The Morgan fingerprint density at radius 2 is 0.677 bits per heavy atom. The van der Waals surface area contributed by atoms with Crippen LogP contribution >= 0.6 is 0 Å². The zero-order chi connectivity index (χ0) is 41.5. The van der Waals surface area contributed by atoms with Crippen LogP contribution in [0.25, 0.3) is 55.6 Å². The van der Waals surface area contributed by atoms with Crippen molar-refractivity contribution in [2.75, 3.05) is 9.80 Å². The van der Waals surface area contributed by atoms with Gasteiger partial charge < -0.3 is 9.80 Å². The summed E-state index contributed by atoms with van der Waals surface area (Å²) < 4.78 is 0. The summed E-state index contributed by atoms with van der Waals surface area (Å²) >= 11 is 0. The first-order chi connectivity index (χ1) is 30.7.